The van der Waals surface area contributed by atoms with Crippen LogP contribution in [-0.2, 0) is 11.2 Å². The van der Waals surface area contributed by atoms with Crippen molar-refractivity contribution >= 4 is 28.5 Å². The van der Waals surface area contributed by atoms with Crippen LogP contribution in [0.1, 0.15) is 11.3 Å². The fraction of sp³-hybridized carbons (Fsp3) is 0.182. The summed E-state index contributed by atoms with van der Waals surface area (Å²) in [6.07, 6.45) is -0.00560. The third-order valence-electron chi connectivity index (χ3n) is 2.36. The molecule has 1 heterocycles. The van der Waals surface area contributed by atoms with E-state index < -0.39 is 5.97 Å². The molecule has 0 aliphatic heterocycles. The second-order valence-electron chi connectivity index (χ2n) is 3.47. The van der Waals surface area contributed by atoms with Crippen LogP contribution >= 0.6 is 11.6 Å². The van der Waals surface area contributed by atoms with Gasteiger partial charge in [0.1, 0.15) is 0 Å². The summed E-state index contributed by atoms with van der Waals surface area (Å²) in [4.78, 5) is 13.8. The van der Waals surface area contributed by atoms with E-state index in [1.807, 2.05) is 19.1 Å². The Labute approximate surface area is 91.7 Å². The molecule has 1 aromatic heterocycles. The number of fused-ring (bicyclic) bond motifs is 1. The van der Waals surface area contributed by atoms with Gasteiger partial charge >= 0.3 is 5.97 Å². The van der Waals surface area contributed by atoms with Crippen LogP contribution in [0.2, 0.25) is 5.02 Å². The maximum absolute atomic E-state index is 10.7. The molecule has 0 aliphatic rings. The summed E-state index contributed by atoms with van der Waals surface area (Å²) >= 11 is 6.11. The van der Waals surface area contributed by atoms with Crippen molar-refractivity contribution in [2.45, 2.75) is 13.3 Å². The molecule has 78 valence electrons. The van der Waals surface area contributed by atoms with Crippen molar-refractivity contribution in [3.63, 3.8) is 0 Å². The lowest BCUT2D eigenvalue weighted by Gasteiger charge is -1.99. The van der Waals surface area contributed by atoms with Gasteiger partial charge in [0.25, 0.3) is 0 Å². The maximum Gasteiger partial charge on any atom is 0.307 e. The van der Waals surface area contributed by atoms with Gasteiger partial charge in [0, 0.05) is 16.6 Å². The summed E-state index contributed by atoms with van der Waals surface area (Å²) in [6, 6.07) is 5.50. The molecular formula is C11H10ClNO2. The first kappa shape index (κ1) is 10.1. The topological polar surface area (TPSA) is 53.1 Å². The minimum absolute atomic E-state index is 0.00560. The van der Waals surface area contributed by atoms with Gasteiger partial charge in [0.2, 0.25) is 0 Å². The van der Waals surface area contributed by atoms with Crippen LogP contribution in [0, 0.1) is 6.92 Å². The van der Waals surface area contributed by atoms with Crippen LogP contribution in [0.4, 0.5) is 0 Å². The summed E-state index contributed by atoms with van der Waals surface area (Å²) in [7, 11) is 0. The number of hydrogen-bond acceptors (Lipinski definition) is 1. The highest BCUT2D eigenvalue weighted by atomic mass is 35.5. The van der Waals surface area contributed by atoms with Gasteiger partial charge in [0.05, 0.1) is 11.4 Å². The number of aryl methyl sites for hydroxylation is 1. The molecule has 4 heteroatoms. The van der Waals surface area contributed by atoms with Gasteiger partial charge < -0.3 is 10.1 Å². The van der Waals surface area contributed by atoms with E-state index in [4.69, 9.17) is 16.7 Å². The Kier molecular flexibility index (Phi) is 2.40. The molecule has 0 unspecified atom stereocenters. The smallest absolute Gasteiger partial charge is 0.307 e. The van der Waals surface area contributed by atoms with Crippen molar-refractivity contribution in [3.8, 4) is 0 Å². The number of carbonyl (C=O) groups is 1. The molecule has 0 atom stereocenters. The van der Waals surface area contributed by atoms with Crippen molar-refractivity contribution in [2.75, 3.05) is 0 Å². The van der Waals surface area contributed by atoms with Gasteiger partial charge in [-0.25, -0.2) is 0 Å². The van der Waals surface area contributed by atoms with Gasteiger partial charge in [-0.15, -0.1) is 0 Å². The molecule has 0 aliphatic carbocycles. The number of aromatic amines is 1. The van der Waals surface area contributed by atoms with Gasteiger partial charge in [-0.2, -0.15) is 0 Å². The fourth-order valence-corrected chi connectivity index (χ4v) is 1.99. The highest BCUT2D eigenvalue weighted by Gasteiger charge is 2.11. The first-order valence-electron chi connectivity index (χ1n) is 4.57. The van der Waals surface area contributed by atoms with Crippen LogP contribution in [-0.4, -0.2) is 16.1 Å². The molecular weight excluding hydrogens is 214 g/mol. The van der Waals surface area contributed by atoms with Gasteiger partial charge in [-0.3, -0.25) is 4.79 Å². The molecule has 2 aromatic rings. The van der Waals surface area contributed by atoms with Crippen LogP contribution in [0.5, 0.6) is 0 Å². The lowest BCUT2D eigenvalue weighted by molar-refractivity contribution is -0.136. The summed E-state index contributed by atoms with van der Waals surface area (Å²) in [5.74, 6) is -0.850. The summed E-state index contributed by atoms with van der Waals surface area (Å²) < 4.78 is 0. The summed E-state index contributed by atoms with van der Waals surface area (Å²) in [6.45, 7) is 1.87. The van der Waals surface area contributed by atoms with Crippen LogP contribution in [0.15, 0.2) is 18.2 Å². The highest BCUT2D eigenvalue weighted by Crippen LogP contribution is 2.30. The quantitative estimate of drug-likeness (QED) is 0.823. The number of carboxylic acid groups (broad SMARTS) is 1. The van der Waals surface area contributed by atoms with Gasteiger partial charge in [-0.05, 0) is 18.6 Å². The second-order valence-corrected chi connectivity index (χ2v) is 3.85. The lowest BCUT2D eigenvalue weighted by atomic mass is 10.1. The van der Waals surface area contributed by atoms with E-state index in [1.165, 1.54) is 0 Å². The van der Waals surface area contributed by atoms with E-state index in [1.54, 1.807) is 6.07 Å². The zero-order valence-corrected chi connectivity index (χ0v) is 8.93. The molecule has 0 saturated carbocycles. The zero-order valence-electron chi connectivity index (χ0n) is 8.17. The van der Waals surface area contributed by atoms with E-state index in [0.29, 0.717) is 5.02 Å². The van der Waals surface area contributed by atoms with Crippen LogP contribution in [0.25, 0.3) is 10.9 Å². The Morgan fingerprint density at radius 2 is 2.27 bits per heavy atom. The van der Waals surface area contributed by atoms with Crippen molar-refractivity contribution in [3.05, 3.63) is 34.5 Å². The van der Waals surface area contributed by atoms with E-state index >= 15 is 0 Å². The third-order valence-corrected chi connectivity index (χ3v) is 2.84. The Morgan fingerprint density at radius 1 is 1.53 bits per heavy atom. The molecule has 2 rings (SSSR count). The number of aromatic nitrogens is 1. The summed E-state index contributed by atoms with van der Waals surface area (Å²) in [5.41, 5.74) is 2.50. The number of aliphatic carboxylic acids is 1. The zero-order chi connectivity index (χ0) is 11.0. The summed E-state index contributed by atoms with van der Waals surface area (Å²) in [5, 5.41) is 10.2. The van der Waals surface area contributed by atoms with Gasteiger partial charge in [0.15, 0.2) is 0 Å². The molecule has 15 heavy (non-hydrogen) atoms. The highest BCUT2D eigenvalue weighted by molar-refractivity contribution is 6.36. The predicted molar refractivity (Wildman–Crippen MR) is 59.4 cm³/mol. The normalized spacial score (nSPS) is 10.8. The SMILES string of the molecule is Cc1[nH]c2cccc(CC(=O)O)c2c1Cl. The average molecular weight is 224 g/mol. The van der Waals surface area contributed by atoms with E-state index in [2.05, 4.69) is 4.98 Å². The molecule has 0 radical (unpaired) electrons. The Morgan fingerprint density at radius 3 is 2.93 bits per heavy atom. The number of nitrogens with one attached hydrogen (secondary N) is 1. The van der Waals surface area contributed by atoms with Crippen molar-refractivity contribution in [1.82, 2.24) is 4.98 Å². The van der Waals surface area contributed by atoms with E-state index in [-0.39, 0.29) is 6.42 Å². The molecule has 0 amide bonds. The van der Waals surface area contributed by atoms with Crippen molar-refractivity contribution < 1.29 is 9.90 Å². The first-order chi connectivity index (χ1) is 7.09. The minimum Gasteiger partial charge on any atom is -0.481 e. The molecule has 1 aromatic carbocycles. The lowest BCUT2D eigenvalue weighted by Crippen LogP contribution is -2.00. The number of benzene rings is 1. The number of carboxylic acids is 1. The largest absolute Gasteiger partial charge is 0.481 e. The first-order valence-corrected chi connectivity index (χ1v) is 4.95. The predicted octanol–water partition coefficient (Wildman–Crippen LogP) is 2.76. The monoisotopic (exact) mass is 223 g/mol. The third kappa shape index (κ3) is 1.70. The molecule has 3 nitrogen and oxygen atoms in total. The number of halogens is 1. The Balaban J connectivity index is 2.68. The van der Waals surface area contributed by atoms with E-state index in [9.17, 15) is 4.79 Å². The molecule has 0 spiro atoms. The number of rotatable bonds is 2. The average Bonchev–Trinajstić information content (AvgIpc) is 2.43. The molecule has 0 bridgehead atoms. The second kappa shape index (κ2) is 3.59. The molecule has 0 saturated heterocycles. The minimum atomic E-state index is -0.850. The van der Waals surface area contributed by atoms with Crippen LogP contribution < -0.4 is 0 Å². The number of H-pyrrole nitrogens is 1. The number of hydrogen-bond donors (Lipinski definition) is 2. The molecule has 0 fully saturated rings. The Hall–Kier alpha value is -1.48. The van der Waals surface area contributed by atoms with E-state index in [0.717, 1.165) is 22.2 Å². The van der Waals surface area contributed by atoms with Crippen LogP contribution in [0.3, 0.4) is 0 Å². The van der Waals surface area contributed by atoms with Crippen molar-refractivity contribution in [1.29, 1.82) is 0 Å². The molecule has 2 N–H and O–H groups in total. The maximum atomic E-state index is 10.7. The van der Waals surface area contributed by atoms with Gasteiger partial charge in [-0.1, -0.05) is 23.7 Å². The standard InChI is InChI=1S/C11H10ClNO2/c1-6-11(12)10-7(5-9(14)15)3-2-4-8(10)13-6/h2-4,13H,5H2,1H3,(H,14,15). The van der Waals surface area contributed by atoms with Crippen molar-refractivity contribution in [2.24, 2.45) is 0 Å². The Bertz CT molecular complexity index is 531. The fourth-order valence-electron chi connectivity index (χ4n) is 1.72.